The van der Waals surface area contributed by atoms with E-state index < -0.39 is 16.8 Å². The summed E-state index contributed by atoms with van der Waals surface area (Å²) in [5, 5.41) is 7.23. The molecule has 1 aliphatic rings. The van der Waals surface area contributed by atoms with E-state index in [4.69, 9.17) is 5.73 Å². The van der Waals surface area contributed by atoms with E-state index >= 15 is 0 Å². The van der Waals surface area contributed by atoms with Crippen molar-refractivity contribution in [2.45, 2.75) is 40.2 Å². The molecule has 150 valence electrons. The number of nitrogens with two attached hydrogens (primary N) is 1. The van der Waals surface area contributed by atoms with Crippen LogP contribution in [-0.2, 0) is 10.3 Å². The van der Waals surface area contributed by atoms with Crippen molar-refractivity contribution in [3.63, 3.8) is 0 Å². The molecule has 0 radical (unpaired) electrons. The second-order valence-corrected chi connectivity index (χ2v) is 7.85. The zero-order chi connectivity index (χ0) is 20.9. The normalized spacial score (nSPS) is 21.6. The van der Waals surface area contributed by atoms with Gasteiger partial charge in [0.15, 0.2) is 11.8 Å². The lowest BCUT2D eigenvalue weighted by Crippen LogP contribution is -2.58. The summed E-state index contributed by atoms with van der Waals surface area (Å²) >= 11 is 0. The minimum absolute atomic E-state index is 0.0758. The quantitative estimate of drug-likeness (QED) is 0.845. The van der Waals surface area contributed by atoms with Crippen molar-refractivity contribution < 1.29 is 9.18 Å². The standard InChI is InChI=1S/C20H27FN6O/c1-7-27(16-10-12(2)24-25-16)13-8-9-15(21)14(11-13)20(5)19(3,4)17(28)26(6)18(22)23-20/h8-11H,7H2,1-6H3,(H2,22,23)(H,24,25)/t20-/m1/s1. The van der Waals surface area contributed by atoms with E-state index in [1.807, 2.05) is 24.8 Å². The number of nitrogens with zero attached hydrogens (tertiary/aromatic N) is 4. The van der Waals surface area contributed by atoms with E-state index in [2.05, 4.69) is 15.2 Å². The first-order valence-corrected chi connectivity index (χ1v) is 9.26. The largest absolute Gasteiger partial charge is 0.369 e. The van der Waals surface area contributed by atoms with Gasteiger partial charge >= 0.3 is 0 Å². The molecular formula is C20H27FN6O. The van der Waals surface area contributed by atoms with Crippen LogP contribution >= 0.6 is 0 Å². The van der Waals surface area contributed by atoms with Crippen LogP contribution in [0.5, 0.6) is 0 Å². The first-order valence-electron chi connectivity index (χ1n) is 9.26. The molecule has 2 aromatic rings. The molecule has 0 spiro atoms. The van der Waals surface area contributed by atoms with Crippen LogP contribution in [0.3, 0.4) is 0 Å². The number of carbonyl (C=O) groups excluding carboxylic acids is 1. The summed E-state index contributed by atoms with van der Waals surface area (Å²) in [5.74, 6) is 0.182. The Labute approximate surface area is 164 Å². The molecule has 1 amide bonds. The number of hydrogen-bond acceptors (Lipinski definition) is 5. The van der Waals surface area contributed by atoms with Gasteiger partial charge in [0.1, 0.15) is 11.4 Å². The van der Waals surface area contributed by atoms with Crippen molar-refractivity contribution >= 4 is 23.4 Å². The molecule has 0 unspecified atom stereocenters. The molecule has 7 nitrogen and oxygen atoms in total. The fourth-order valence-electron chi connectivity index (χ4n) is 3.65. The number of anilines is 2. The van der Waals surface area contributed by atoms with E-state index in [0.29, 0.717) is 12.1 Å². The molecule has 1 aromatic carbocycles. The van der Waals surface area contributed by atoms with Gasteiger partial charge in [0, 0.05) is 36.6 Å². The van der Waals surface area contributed by atoms with Crippen LogP contribution in [-0.4, -0.2) is 40.6 Å². The number of nitrogens with one attached hydrogen (secondary N) is 1. The zero-order valence-electron chi connectivity index (χ0n) is 17.2. The zero-order valence-corrected chi connectivity index (χ0v) is 17.2. The Hall–Kier alpha value is -2.90. The fourth-order valence-corrected chi connectivity index (χ4v) is 3.65. The highest BCUT2D eigenvalue weighted by molar-refractivity contribution is 6.01. The summed E-state index contributed by atoms with van der Waals surface area (Å²) < 4.78 is 15.0. The van der Waals surface area contributed by atoms with Gasteiger partial charge in [-0.1, -0.05) is 0 Å². The smallest absolute Gasteiger partial charge is 0.237 e. The third kappa shape index (κ3) is 2.83. The Morgan fingerprint density at radius 2 is 1.96 bits per heavy atom. The number of amides is 1. The van der Waals surface area contributed by atoms with Gasteiger partial charge in [-0.05, 0) is 52.8 Å². The lowest BCUT2D eigenvalue weighted by atomic mass is 9.67. The molecular weight excluding hydrogens is 359 g/mol. The Morgan fingerprint density at radius 1 is 1.29 bits per heavy atom. The summed E-state index contributed by atoms with van der Waals surface area (Å²) in [6, 6.07) is 6.77. The molecule has 0 saturated heterocycles. The predicted octanol–water partition coefficient (Wildman–Crippen LogP) is 3.04. The number of rotatable bonds is 4. The second-order valence-electron chi connectivity index (χ2n) is 7.85. The van der Waals surface area contributed by atoms with Gasteiger partial charge in [-0.25, -0.2) is 9.38 Å². The van der Waals surface area contributed by atoms with Crippen LogP contribution in [0.15, 0.2) is 29.3 Å². The molecule has 1 aliphatic heterocycles. The molecule has 0 bridgehead atoms. The Kier molecular flexibility index (Phi) is 4.69. The number of hydrogen-bond donors (Lipinski definition) is 2. The van der Waals surface area contributed by atoms with Crippen molar-refractivity contribution in [3.05, 3.63) is 41.3 Å². The minimum Gasteiger partial charge on any atom is -0.369 e. The van der Waals surface area contributed by atoms with Crippen LogP contribution in [0.4, 0.5) is 15.9 Å². The van der Waals surface area contributed by atoms with Crippen LogP contribution in [0.1, 0.15) is 39.0 Å². The fraction of sp³-hybridized carbons (Fsp3) is 0.450. The molecule has 0 fully saturated rings. The van der Waals surface area contributed by atoms with E-state index in [1.165, 1.54) is 11.0 Å². The lowest BCUT2D eigenvalue weighted by Gasteiger charge is -2.46. The first kappa shape index (κ1) is 19.9. The van der Waals surface area contributed by atoms with Gasteiger partial charge in [0.25, 0.3) is 0 Å². The number of halogens is 1. The maximum absolute atomic E-state index is 15.0. The van der Waals surface area contributed by atoms with Gasteiger partial charge in [0.05, 0.1) is 5.41 Å². The van der Waals surface area contributed by atoms with Crippen molar-refractivity contribution in [2.24, 2.45) is 16.1 Å². The van der Waals surface area contributed by atoms with Crippen LogP contribution in [0, 0.1) is 18.2 Å². The maximum atomic E-state index is 15.0. The van der Waals surface area contributed by atoms with Gasteiger partial charge in [0.2, 0.25) is 5.91 Å². The van der Waals surface area contributed by atoms with E-state index in [9.17, 15) is 9.18 Å². The molecule has 0 saturated carbocycles. The van der Waals surface area contributed by atoms with E-state index in [1.54, 1.807) is 40.0 Å². The molecule has 3 rings (SSSR count). The summed E-state index contributed by atoms with van der Waals surface area (Å²) in [5.41, 5.74) is 5.87. The van der Waals surface area contributed by atoms with Crippen molar-refractivity contribution in [2.75, 3.05) is 18.5 Å². The minimum atomic E-state index is -1.15. The Bertz CT molecular complexity index is 950. The van der Waals surface area contributed by atoms with Crippen LogP contribution < -0.4 is 10.6 Å². The Balaban J connectivity index is 2.17. The summed E-state index contributed by atoms with van der Waals surface area (Å²) in [7, 11) is 1.58. The van der Waals surface area contributed by atoms with Crippen molar-refractivity contribution in [1.82, 2.24) is 15.1 Å². The highest BCUT2D eigenvalue weighted by atomic mass is 19.1. The van der Waals surface area contributed by atoms with Crippen molar-refractivity contribution in [3.8, 4) is 0 Å². The average Bonchev–Trinajstić information content (AvgIpc) is 3.06. The summed E-state index contributed by atoms with van der Waals surface area (Å²) in [4.78, 5) is 20.7. The van der Waals surface area contributed by atoms with Crippen LogP contribution in [0.2, 0.25) is 0 Å². The number of H-pyrrole nitrogens is 1. The number of benzene rings is 1. The molecule has 0 aliphatic carbocycles. The number of aryl methyl sites for hydroxylation is 1. The first-order chi connectivity index (χ1) is 13.0. The van der Waals surface area contributed by atoms with Gasteiger partial charge in [-0.3, -0.25) is 14.8 Å². The SMILES string of the molecule is CCN(c1ccc(F)c([C@@]2(C)N=C(N)N(C)C(=O)C2(C)C)c1)c1cc(C)[nH]n1. The van der Waals surface area contributed by atoms with Gasteiger partial charge in [-0.2, -0.15) is 5.10 Å². The van der Waals surface area contributed by atoms with E-state index in [-0.39, 0.29) is 11.9 Å². The molecule has 2 heterocycles. The van der Waals surface area contributed by atoms with Crippen LogP contribution in [0.25, 0.3) is 0 Å². The number of guanidine groups is 1. The molecule has 1 atom stereocenters. The third-order valence-corrected chi connectivity index (χ3v) is 5.81. The topological polar surface area (TPSA) is 90.6 Å². The van der Waals surface area contributed by atoms with Gasteiger partial charge in [-0.15, -0.1) is 0 Å². The summed E-state index contributed by atoms with van der Waals surface area (Å²) in [6.07, 6.45) is 0. The van der Waals surface area contributed by atoms with Gasteiger partial charge < -0.3 is 10.6 Å². The number of aromatic nitrogens is 2. The second kappa shape index (κ2) is 6.61. The third-order valence-electron chi connectivity index (χ3n) is 5.81. The lowest BCUT2D eigenvalue weighted by molar-refractivity contribution is -0.140. The molecule has 3 N–H and O–H groups in total. The number of aliphatic imine (C=N–C) groups is 1. The average molecular weight is 386 g/mol. The molecule has 28 heavy (non-hydrogen) atoms. The summed E-state index contributed by atoms with van der Waals surface area (Å²) in [6.45, 7) is 9.84. The van der Waals surface area contributed by atoms with Crippen molar-refractivity contribution in [1.29, 1.82) is 0 Å². The molecule has 8 heteroatoms. The number of carbonyl (C=O) groups is 1. The maximum Gasteiger partial charge on any atom is 0.237 e. The monoisotopic (exact) mass is 386 g/mol. The Morgan fingerprint density at radius 3 is 2.54 bits per heavy atom. The predicted molar refractivity (Wildman–Crippen MR) is 108 cm³/mol. The highest BCUT2D eigenvalue weighted by Crippen LogP contribution is 2.48. The molecule has 1 aromatic heterocycles. The highest BCUT2D eigenvalue weighted by Gasteiger charge is 2.53. The van der Waals surface area contributed by atoms with E-state index in [0.717, 1.165) is 17.2 Å². The number of aromatic amines is 1.